The molecule has 0 aliphatic heterocycles. The molecule has 0 aromatic carbocycles. The number of sulfonamides is 1. The largest absolute Gasteiger partial charge is 0.369 e. The highest BCUT2D eigenvalue weighted by Crippen LogP contribution is 2.22. The Morgan fingerprint density at radius 2 is 1.90 bits per heavy atom. The Kier molecular flexibility index (Phi) is 5.34. The van der Waals surface area contributed by atoms with Gasteiger partial charge in [-0.2, -0.15) is 0 Å². The average molecular weight is 321 g/mol. The highest BCUT2D eigenvalue weighted by Gasteiger charge is 2.19. The van der Waals surface area contributed by atoms with Crippen molar-refractivity contribution in [2.45, 2.75) is 26.2 Å². The molecule has 0 amide bonds. The van der Waals surface area contributed by atoms with Crippen molar-refractivity contribution >= 4 is 27.4 Å². The molecule has 0 saturated carbocycles. The van der Waals surface area contributed by atoms with Gasteiger partial charge in [0, 0.05) is 32.1 Å². The summed E-state index contributed by atoms with van der Waals surface area (Å²) in [5.74, 6) is 1.14. The molecule has 0 aliphatic rings. The number of nitrogens with one attached hydrogen (secondary N) is 1. The van der Waals surface area contributed by atoms with Crippen LogP contribution in [0.3, 0.4) is 0 Å². The summed E-state index contributed by atoms with van der Waals surface area (Å²) < 4.78 is 24.5. The number of hydrogen-bond acceptors (Lipinski definition) is 5. The molecule has 6 nitrogen and oxygen atoms in total. The first kappa shape index (κ1) is 17.1. The molecule has 0 radical (unpaired) electrons. The van der Waals surface area contributed by atoms with Gasteiger partial charge in [0.25, 0.3) is 0 Å². The lowest BCUT2D eigenvalue weighted by Gasteiger charge is -2.18. The van der Waals surface area contributed by atoms with Gasteiger partial charge in [-0.05, 0) is 0 Å². The monoisotopic (exact) mass is 320 g/mol. The van der Waals surface area contributed by atoms with Gasteiger partial charge in [0.2, 0.25) is 10.0 Å². The van der Waals surface area contributed by atoms with E-state index in [0.717, 1.165) is 0 Å². The van der Waals surface area contributed by atoms with E-state index in [2.05, 4.69) is 15.3 Å². The molecule has 1 N–H and O–H groups in total. The third-order valence-corrected chi connectivity index (χ3v) is 4.61. The summed E-state index contributed by atoms with van der Waals surface area (Å²) in [6, 6.07) is 1.58. The molecular weight excluding hydrogens is 300 g/mol. The van der Waals surface area contributed by atoms with E-state index in [-0.39, 0.29) is 17.7 Å². The minimum Gasteiger partial charge on any atom is -0.369 e. The Morgan fingerprint density at radius 3 is 2.40 bits per heavy atom. The van der Waals surface area contributed by atoms with Gasteiger partial charge in [0.1, 0.15) is 16.8 Å². The summed E-state index contributed by atoms with van der Waals surface area (Å²) in [6.07, 6.45) is 0. The maximum absolute atomic E-state index is 11.6. The average Bonchev–Trinajstić information content (AvgIpc) is 2.26. The second-order valence-electron chi connectivity index (χ2n) is 5.67. The van der Waals surface area contributed by atoms with Gasteiger partial charge in [-0.3, -0.25) is 0 Å². The molecule has 8 heteroatoms. The van der Waals surface area contributed by atoms with Crippen LogP contribution in [0.15, 0.2) is 6.07 Å². The van der Waals surface area contributed by atoms with E-state index in [1.165, 1.54) is 18.4 Å². The number of aromatic nitrogens is 2. The third kappa shape index (κ3) is 4.88. The van der Waals surface area contributed by atoms with Gasteiger partial charge < -0.3 is 5.32 Å². The third-order valence-electron chi connectivity index (χ3n) is 2.59. The summed E-state index contributed by atoms with van der Waals surface area (Å²) in [4.78, 5) is 8.53. The minimum absolute atomic E-state index is 0.00747. The summed E-state index contributed by atoms with van der Waals surface area (Å²) >= 11 is 5.96. The zero-order valence-corrected chi connectivity index (χ0v) is 14.0. The van der Waals surface area contributed by atoms with Crippen molar-refractivity contribution in [3.8, 4) is 0 Å². The molecule has 20 heavy (non-hydrogen) atoms. The van der Waals surface area contributed by atoms with Gasteiger partial charge >= 0.3 is 0 Å². The lowest BCUT2D eigenvalue weighted by atomic mass is 9.96. The van der Waals surface area contributed by atoms with E-state index in [9.17, 15) is 8.42 Å². The number of halogens is 1. The Hall–Kier alpha value is -0.920. The van der Waals surface area contributed by atoms with Gasteiger partial charge in [-0.15, -0.1) is 0 Å². The van der Waals surface area contributed by atoms with Crippen LogP contribution in [0.5, 0.6) is 0 Å². The van der Waals surface area contributed by atoms with E-state index in [0.29, 0.717) is 16.8 Å². The van der Waals surface area contributed by atoms with Crippen LogP contribution in [0.1, 0.15) is 26.6 Å². The molecule has 1 aromatic rings. The molecule has 1 heterocycles. The van der Waals surface area contributed by atoms with Crippen molar-refractivity contribution in [1.82, 2.24) is 14.3 Å². The summed E-state index contributed by atoms with van der Waals surface area (Å²) in [5, 5.41) is 3.30. The number of rotatable bonds is 5. The normalized spacial score (nSPS) is 12.8. The molecule has 0 unspecified atom stereocenters. The molecular formula is C12H21ClN4O2S. The van der Waals surface area contributed by atoms with Crippen molar-refractivity contribution in [3.63, 3.8) is 0 Å². The van der Waals surface area contributed by atoms with Gasteiger partial charge in [0.05, 0.1) is 5.75 Å². The fourth-order valence-electron chi connectivity index (χ4n) is 1.33. The van der Waals surface area contributed by atoms with Crippen LogP contribution in [-0.4, -0.2) is 49.1 Å². The molecule has 0 aliphatic carbocycles. The Bertz CT molecular complexity index is 567. The second kappa shape index (κ2) is 6.24. The molecule has 0 saturated heterocycles. The van der Waals surface area contributed by atoms with E-state index in [1.54, 1.807) is 6.07 Å². The summed E-state index contributed by atoms with van der Waals surface area (Å²) in [7, 11) is -0.205. The maximum atomic E-state index is 11.6. The summed E-state index contributed by atoms with van der Waals surface area (Å²) in [6.45, 7) is 6.22. The van der Waals surface area contributed by atoms with Crippen molar-refractivity contribution in [2.75, 3.05) is 31.7 Å². The molecule has 0 fully saturated rings. The standard InChI is InChI=1S/C12H21ClN4O2S/c1-12(2,3)11-15-9(13)8-10(16-11)14-6-7-20(18,19)17(4)5/h8H,6-7H2,1-5H3,(H,14,15,16). The Balaban J connectivity index is 2.77. The topological polar surface area (TPSA) is 75.2 Å². The van der Waals surface area contributed by atoms with Crippen LogP contribution >= 0.6 is 11.6 Å². The number of hydrogen-bond donors (Lipinski definition) is 1. The highest BCUT2D eigenvalue weighted by atomic mass is 35.5. The zero-order chi connectivity index (χ0) is 15.6. The molecule has 1 rings (SSSR count). The number of anilines is 1. The Morgan fingerprint density at radius 1 is 1.30 bits per heavy atom. The van der Waals surface area contributed by atoms with Crippen LogP contribution in [0.25, 0.3) is 0 Å². The fourth-order valence-corrected chi connectivity index (χ4v) is 2.24. The number of nitrogens with zero attached hydrogens (tertiary/aromatic N) is 3. The zero-order valence-electron chi connectivity index (χ0n) is 12.4. The lowest BCUT2D eigenvalue weighted by Crippen LogP contribution is -2.28. The van der Waals surface area contributed by atoms with Crippen LogP contribution in [-0.2, 0) is 15.4 Å². The first-order chi connectivity index (χ1) is 9.02. The summed E-state index contributed by atoms with van der Waals surface area (Å²) in [5.41, 5.74) is -0.225. The van der Waals surface area contributed by atoms with Crippen molar-refractivity contribution in [2.24, 2.45) is 0 Å². The van der Waals surface area contributed by atoms with Gasteiger partial charge in [-0.1, -0.05) is 32.4 Å². The molecule has 0 atom stereocenters. The Labute approximate surface area is 125 Å². The first-order valence-corrected chi connectivity index (χ1v) is 8.20. The van der Waals surface area contributed by atoms with E-state index in [1.807, 2.05) is 20.8 Å². The lowest BCUT2D eigenvalue weighted by molar-refractivity contribution is 0.521. The SMILES string of the molecule is CN(C)S(=O)(=O)CCNc1cc(Cl)nc(C(C)(C)C)n1. The quantitative estimate of drug-likeness (QED) is 0.836. The van der Waals surface area contributed by atoms with E-state index in [4.69, 9.17) is 11.6 Å². The highest BCUT2D eigenvalue weighted by molar-refractivity contribution is 7.89. The second-order valence-corrected chi connectivity index (χ2v) is 8.36. The molecule has 0 bridgehead atoms. The van der Waals surface area contributed by atoms with Crippen LogP contribution < -0.4 is 5.32 Å². The van der Waals surface area contributed by atoms with Gasteiger partial charge in [-0.25, -0.2) is 22.7 Å². The minimum atomic E-state index is -3.22. The van der Waals surface area contributed by atoms with Crippen molar-refractivity contribution < 1.29 is 8.42 Å². The van der Waals surface area contributed by atoms with E-state index >= 15 is 0 Å². The smallest absolute Gasteiger partial charge is 0.215 e. The first-order valence-electron chi connectivity index (χ1n) is 6.21. The molecule has 114 valence electrons. The predicted molar refractivity (Wildman–Crippen MR) is 81.7 cm³/mol. The van der Waals surface area contributed by atoms with Crippen LogP contribution in [0.4, 0.5) is 5.82 Å². The van der Waals surface area contributed by atoms with Crippen molar-refractivity contribution in [3.05, 3.63) is 17.0 Å². The van der Waals surface area contributed by atoms with E-state index < -0.39 is 10.0 Å². The van der Waals surface area contributed by atoms with Gasteiger partial charge in [0.15, 0.2) is 0 Å². The maximum Gasteiger partial charge on any atom is 0.215 e. The molecule has 1 aromatic heterocycles. The predicted octanol–water partition coefficient (Wildman–Crippen LogP) is 1.73. The van der Waals surface area contributed by atoms with Crippen LogP contribution in [0.2, 0.25) is 5.15 Å². The van der Waals surface area contributed by atoms with Crippen LogP contribution in [0, 0.1) is 0 Å². The fraction of sp³-hybridized carbons (Fsp3) is 0.667. The molecule has 0 spiro atoms. The van der Waals surface area contributed by atoms with Crippen molar-refractivity contribution in [1.29, 1.82) is 0 Å².